The summed E-state index contributed by atoms with van der Waals surface area (Å²) < 4.78 is 0. The normalized spacial score (nSPS) is 14.3. The van der Waals surface area contributed by atoms with E-state index in [1.807, 2.05) is 13.8 Å². The number of aromatic amines is 1. The highest BCUT2D eigenvalue weighted by Gasteiger charge is 2.24. The lowest BCUT2D eigenvalue weighted by Gasteiger charge is -2.25. The van der Waals surface area contributed by atoms with E-state index in [-0.39, 0.29) is 18.1 Å². The lowest BCUT2D eigenvalue weighted by Crippen LogP contribution is -2.41. The molecule has 5 N–H and O–H groups in total. The van der Waals surface area contributed by atoms with Gasteiger partial charge in [-0.2, -0.15) is 5.10 Å². The molecule has 2 rings (SSSR count). The van der Waals surface area contributed by atoms with E-state index in [0.29, 0.717) is 23.4 Å². The number of aromatic nitrogens is 2. The van der Waals surface area contributed by atoms with Crippen molar-refractivity contribution in [1.82, 2.24) is 15.5 Å². The lowest BCUT2D eigenvalue weighted by molar-refractivity contribution is 0.0368. The maximum atomic E-state index is 12.2. The molecule has 0 bridgehead atoms. The first-order valence-electron chi connectivity index (χ1n) is 7.03. The van der Waals surface area contributed by atoms with Gasteiger partial charge in [-0.1, -0.05) is 13.8 Å². The van der Waals surface area contributed by atoms with E-state index < -0.39 is 5.60 Å². The van der Waals surface area contributed by atoms with E-state index in [9.17, 15) is 9.90 Å². The molecule has 1 unspecified atom stereocenters. The first-order chi connectivity index (χ1) is 9.78. The first kappa shape index (κ1) is 15.3. The van der Waals surface area contributed by atoms with Crippen LogP contribution in [0.5, 0.6) is 0 Å². The Bertz CT molecular complexity index is 646. The van der Waals surface area contributed by atoms with Crippen molar-refractivity contribution >= 4 is 22.5 Å². The third-order valence-electron chi connectivity index (χ3n) is 3.28. The van der Waals surface area contributed by atoms with Crippen LogP contribution < -0.4 is 11.1 Å². The van der Waals surface area contributed by atoms with E-state index in [2.05, 4.69) is 15.5 Å². The molecule has 0 fully saturated rings. The van der Waals surface area contributed by atoms with Gasteiger partial charge in [-0.05, 0) is 37.5 Å². The minimum absolute atomic E-state index is 0.181. The maximum absolute atomic E-state index is 12.2. The van der Waals surface area contributed by atoms with Gasteiger partial charge in [0.25, 0.3) is 5.91 Å². The van der Waals surface area contributed by atoms with Gasteiger partial charge < -0.3 is 16.2 Å². The molecule has 1 amide bonds. The average molecular weight is 290 g/mol. The van der Waals surface area contributed by atoms with Crippen molar-refractivity contribution in [3.63, 3.8) is 0 Å². The molecular weight excluding hydrogens is 268 g/mol. The summed E-state index contributed by atoms with van der Waals surface area (Å²) in [6.07, 6.45) is 0.613. The maximum Gasteiger partial charge on any atom is 0.272 e. The molecular formula is C15H22N4O2. The van der Waals surface area contributed by atoms with E-state index in [1.165, 1.54) is 0 Å². The highest BCUT2D eigenvalue weighted by atomic mass is 16.3. The summed E-state index contributed by atoms with van der Waals surface area (Å²) in [6, 6.07) is 5.24. The molecule has 1 aromatic heterocycles. The zero-order valence-electron chi connectivity index (χ0n) is 12.6. The standard InChI is InChI=1S/C15H22N4O2/c1-9(2)7-15(3,21)8-17-14(20)13-11-6-10(16)4-5-12(11)18-19-13/h4-6,9,21H,7-8,16H2,1-3H3,(H,17,20)(H,18,19). The average Bonchev–Trinajstić information content (AvgIpc) is 2.77. The SMILES string of the molecule is CC(C)CC(C)(O)CNC(=O)c1n[nH]c2ccc(N)cc12. The summed E-state index contributed by atoms with van der Waals surface area (Å²) in [5, 5.41) is 20.5. The largest absolute Gasteiger partial charge is 0.399 e. The van der Waals surface area contributed by atoms with Crippen LogP contribution in [-0.4, -0.2) is 33.4 Å². The fraction of sp³-hybridized carbons (Fsp3) is 0.467. The molecule has 1 heterocycles. The molecule has 2 aromatic rings. The number of carbonyl (C=O) groups is 1. The van der Waals surface area contributed by atoms with Crippen molar-refractivity contribution in [2.24, 2.45) is 5.92 Å². The highest BCUT2D eigenvalue weighted by Crippen LogP contribution is 2.19. The van der Waals surface area contributed by atoms with Crippen molar-refractivity contribution in [3.05, 3.63) is 23.9 Å². The van der Waals surface area contributed by atoms with Gasteiger partial charge in [-0.25, -0.2) is 0 Å². The van der Waals surface area contributed by atoms with Crippen LogP contribution in [0.25, 0.3) is 10.9 Å². The molecule has 21 heavy (non-hydrogen) atoms. The molecule has 0 saturated heterocycles. The Morgan fingerprint density at radius 3 is 2.90 bits per heavy atom. The molecule has 114 valence electrons. The predicted octanol–water partition coefficient (Wildman–Crippen LogP) is 1.67. The van der Waals surface area contributed by atoms with Crippen LogP contribution in [-0.2, 0) is 0 Å². The third-order valence-corrected chi connectivity index (χ3v) is 3.28. The Morgan fingerprint density at radius 1 is 1.52 bits per heavy atom. The number of amides is 1. The number of fused-ring (bicyclic) bond motifs is 1. The first-order valence-corrected chi connectivity index (χ1v) is 7.03. The number of benzene rings is 1. The molecule has 6 nitrogen and oxygen atoms in total. The number of nitrogen functional groups attached to an aromatic ring is 1. The van der Waals surface area contributed by atoms with E-state index in [4.69, 9.17) is 5.73 Å². The van der Waals surface area contributed by atoms with Crippen LogP contribution >= 0.6 is 0 Å². The van der Waals surface area contributed by atoms with Crippen molar-refractivity contribution < 1.29 is 9.90 Å². The van der Waals surface area contributed by atoms with Gasteiger partial charge in [0.05, 0.1) is 11.1 Å². The predicted molar refractivity (Wildman–Crippen MR) is 82.9 cm³/mol. The zero-order chi connectivity index (χ0) is 15.6. The monoisotopic (exact) mass is 290 g/mol. The second kappa shape index (κ2) is 5.73. The Kier molecular flexibility index (Phi) is 4.18. The van der Waals surface area contributed by atoms with Crippen LogP contribution in [0.15, 0.2) is 18.2 Å². The number of carbonyl (C=O) groups excluding carboxylic acids is 1. The minimum Gasteiger partial charge on any atom is -0.399 e. The number of rotatable bonds is 5. The zero-order valence-corrected chi connectivity index (χ0v) is 12.6. The van der Waals surface area contributed by atoms with Gasteiger partial charge in [0.1, 0.15) is 0 Å². The second-order valence-corrected chi connectivity index (χ2v) is 6.15. The van der Waals surface area contributed by atoms with Gasteiger partial charge >= 0.3 is 0 Å². The van der Waals surface area contributed by atoms with Crippen molar-refractivity contribution in [3.8, 4) is 0 Å². The number of H-pyrrole nitrogens is 1. The minimum atomic E-state index is -0.936. The third kappa shape index (κ3) is 3.72. The highest BCUT2D eigenvalue weighted by molar-refractivity contribution is 6.05. The number of nitrogens with zero attached hydrogens (tertiary/aromatic N) is 1. The van der Waals surface area contributed by atoms with Crippen molar-refractivity contribution in [1.29, 1.82) is 0 Å². The Hall–Kier alpha value is -2.08. The number of nitrogens with one attached hydrogen (secondary N) is 2. The fourth-order valence-corrected chi connectivity index (χ4v) is 2.51. The summed E-state index contributed by atoms with van der Waals surface area (Å²) in [5.74, 6) is 0.0267. The van der Waals surface area contributed by atoms with Crippen molar-refractivity contribution in [2.75, 3.05) is 12.3 Å². The van der Waals surface area contributed by atoms with Gasteiger partial charge in [-0.3, -0.25) is 9.89 Å². The topological polar surface area (TPSA) is 104 Å². The van der Waals surface area contributed by atoms with E-state index in [1.54, 1.807) is 25.1 Å². The lowest BCUT2D eigenvalue weighted by atomic mass is 9.94. The van der Waals surface area contributed by atoms with Crippen LogP contribution in [0, 0.1) is 5.92 Å². The molecule has 0 spiro atoms. The fourth-order valence-electron chi connectivity index (χ4n) is 2.51. The summed E-state index contributed by atoms with van der Waals surface area (Å²) in [7, 11) is 0. The van der Waals surface area contributed by atoms with Gasteiger partial charge in [0.15, 0.2) is 5.69 Å². The number of hydrogen-bond donors (Lipinski definition) is 4. The number of anilines is 1. The van der Waals surface area contributed by atoms with Crippen LogP contribution in [0.3, 0.4) is 0 Å². The molecule has 6 heteroatoms. The molecule has 1 aromatic carbocycles. The quantitative estimate of drug-likeness (QED) is 0.629. The summed E-state index contributed by atoms with van der Waals surface area (Å²) in [4.78, 5) is 12.2. The number of aliphatic hydroxyl groups is 1. The van der Waals surface area contributed by atoms with E-state index in [0.717, 1.165) is 5.52 Å². The van der Waals surface area contributed by atoms with Gasteiger partial charge in [0.2, 0.25) is 0 Å². The van der Waals surface area contributed by atoms with E-state index >= 15 is 0 Å². The van der Waals surface area contributed by atoms with Crippen molar-refractivity contribution in [2.45, 2.75) is 32.8 Å². The smallest absolute Gasteiger partial charge is 0.272 e. The molecule has 0 radical (unpaired) electrons. The molecule has 0 saturated carbocycles. The molecule has 1 atom stereocenters. The molecule has 0 aliphatic heterocycles. The van der Waals surface area contributed by atoms with Crippen LogP contribution in [0.1, 0.15) is 37.7 Å². The molecule has 0 aliphatic rings. The summed E-state index contributed by atoms with van der Waals surface area (Å²) in [6.45, 7) is 5.95. The second-order valence-electron chi connectivity index (χ2n) is 6.15. The molecule has 0 aliphatic carbocycles. The summed E-state index contributed by atoms with van der Waals surface area (Å²) >= 11 is 0. The van der Waals surface area contributed by atoms with Gasteiger partial charge in [-0.15, -0.1) is 0 Å². The number of nitrogens with two attached hydrogens (primary N) is 1. The van der Waals surface area contributed by atoms with Crippen LogP contribution in [0.2, 0.25) is 0 Å². The van der Waals surface area contributed by atoms with Gasteiger partial charge in [0, 0.05) is 17.6 Å². The van der Waals surface area contributed by atoms with Crippen LogP contribution in [0.4, 0.5) is 5.69 Å². The Balaban J connectivity index is 2.11. The summed E-state index contributed by atoms with van der Waals surface area (Å²) in [5.41, 5.74) is 6.42. The number of hydrogen-bond acceptors (Lipinski definition) is 4. The Labute approximate surface area is 123 Å². The Morgan fingerprint density at radius 2 is 2.24 bits per heavy atom.